The molecule has 1 unspecified atom stereocenters. The highest BCUT2D eigenvalue weighted by atomic mass is 16.5. The van der Waals surface area contributed by atoms with Crippen molar-refractivity contribution in [2.24, 2.45) is 5.92 Å². The van der Waals surface area contributed by atoms with Gasteiger partial charge in [0.05, 0.1) is 0 Å². The molecule has 1 saturated heterocycles. The van der Waals surface area contributed by atoms with Crippen LogP contribution in [0.3, 0.4) is 0 Å². The molecule has 1 atom stereocenters. The number of nitrogens with two attached hydrogens (primary N) is 1. The van der Waals surface area contributed by atoms with Crippen molar-refractivity contribution in [2.75, 3.05) is 18.8 Å². The first kappa shape index (κ1) is 13.7. The van der Waals surface area contributed by atoms with Crippen LogP contribution >= 0.6 is 0 Å². The molecule has 0 aromatic heterocycles. The van der Waals surface area contributed by atoms with Crippen molar-refractivity contribution in [3.63, 3.8) is 0 Å². The Morgan fingerprint density at radius 3 is 2.74 bits per heavy atom. The number of hydrogen-bond acceptors (Lipinski definition) is 3. The maximum atomic E-state index is 12.3. The molecule has 1 aromatic rings. The van der Waals surface area contributed by atoms with Gasteiger partial charge in [0, 0.05) is 24.8 Å². The minimum absolute atomic E-state index is 0.0642. The molecular weight excluding hydrogens is 240 g/mol. The van der Waals surface area contributed by atoms with Gasteiger partial charge in [0.2, 0.25) is 0 Å². The van der Waals surface area contributed by atoms with E-state index in [1.165, 1.54) is 0 Å². The Labute approximate surface area is 114 Å². The summed E-state index contributed by atoms with van der Waals surface area (Å²) < 4.78 is 5.67. The summed E-state index contributed by atoms with van der Waals surface area (Å²) in [7, 11) is 0. The SMILES string of the molecule is CC1CCN(C(=O)C(C)Oc2cccc(N)c2)CC1. The zero-order valence-corrected chi connectivity index (χ0v) is 11.6. The number of anilines is 1. The Bertz CT molecular complexity index is 440. The zero-order valence-electron chi connectivity index (χ0n) is 11.6. The molecule has 1 aromatic carbocycles. The van der Waals surface area contributed by atoms with Gasteiger partial charge in [-0.2, -0.15) is 0 Å². The monoisotopic (exact) mass is 262 g/mol. The van der Waals surface area contributed by atoms with Crippen LogP contribution in [-0.2, 0) is 4.79 Å². The summed E-state index contributed by atoms with van der Waals surface area (Å²) >= 11 is 0. The molecule has 104 valence electrons. The van der Waals surface area contributed by atoms with E-state index >= 15 is 0 Å². The van der Waals surface area contributed by atoms with Crippen molar-refractivity contribution in [3.05, 3.63) is 24.3 Å². The molecule has 1 fully saturated rings. The van der Waals surface area contributed by atoms with E-state index in [0.29, 0.717) is 17.4 Å². The van der Waals surface area contributed by atoms with Crippen LogP contribution in [0.1, 0.15) is 26.7 Å². The number of nitrogens with zero attached hydrogens (tertiary/aromatic N) is 1. The topological polar surface area (TPSA) is 55.6 Å². The maximum Gasteiger partial charge on any atom is 0.263 e. The Kier molecular flexibility index (Phi) is 4.30. The molecule has 2 rings (SSSR count). The van der Waals surface area contributed by atoms with E-state index in [-0.39, 0.29) is 5.91 Å². The summed E-state index contributed by atoms with van der Waals surface area (Å²) in [5.41, 5.74) is 6.34. The van der Waals surface area contributed by atoms with E-state index in [0.717, 1.165) is 25.9 Å². The van der Waals surface area contributed by atoms with Crippen molar-refractivity contribution in [3.8, 4) is 5.75 Å². The first-order valence-corrected chi connectivity index (χ1v) is 6.87. The molecule has 1 heterocycles. The van der Waals surface area contributed by atoms with Crippen LogP contribution in [0.15, 0.2) is 24.3 Å². The van der Waals surface area contributed by atoms with E-state index in [1.54, 1.807) is 19.1 Å². The largest absolute Gasteiger partial charge is 0.481 e. The van der Waals surface area contributed by atoms with Crippen molar-refractivity contribution in [1.82, 2.24) is 4.90 Å². The number of amides is 1. The van der Waals surface area contributed by atoms with Crippen molar-refractivity contribution in [1.29, 1.82) is 0 Å². The third kappa shape index (κ3) is 3.63. The Morgan fingerprint density at radius 2 is 2.11 bits per heavy atom. The molecule has 4 heteroatoms. The van der Waals surface area contributed by atoms with Crippen molar-refractivity contribution >= 4 is 11.6 Å². The van der Waals surface area contributed by atoms with Crippen LogP contribution in [0.2, 0.25) is 0 Å². The Hall–Kier alpha value is -1.71. The third-order valence-corrected chi connectivity index (χ3v) is 3.61. The van der Waals surface area contributed by atoms with Gasteiger partial charge in [-0.15, -0.1) is 0 Å². The molecule has 2 N–H and O–H groups in total. The van der Waals surface area contributed by atoms with Crippen LogP contribution in [0.4, 0.5) is 5.69 Å². The Morgan fingerprint density at radius 1 is 1.42 bits per heavy atom. The fraction of sp³-hybridized carbons (Fsp3) is 0.533. The summed E-state index contributed by atoms with van der Waals surface area (Å²) in [5.74, 6) is 1.43. The highest BCUT2D eigenvalue weighted by Crippen LogP contribution is 2.19. The molecule has 0 spiro atoms. The molecular formula is C15H22N2O2. The highest BCUT2D eigenvalue weighted by molar-refractivity contribution is 5.81. The fourth-order valence-corrected chi connectivity index (χ4v) is 2.33. The second-order valence-corrected chi connectivity index (χ2v) is 5.34. The van der Waals surface area contributed by atoms with Gasteiger partial charge in [-0.3, -0.25) is 4.79 Å². The summed E-state index contributed by atoms with van der Waals surface area (Å²) in [5, 5.41) is 0. The van der Waals surface area contributed by atoms with Gasteiger partial charge in [0.15, 0.2) is 6.10 Å². The van der Waals surface area contributed by atoms with Gasteiger partial charge in [0.1, 0.15) is 5.75 Å². The van der Waals surface area contributed by atoms with E-state index < -0.39 is 6.10 Å². The van der Waals surface area contributed by atoms with Gasteiger partial charge >= 0.3 is 0 Å². The van der Waals surface area contributed by atoms with Crippen molar-refractivity contribution in [2.45, 2.75) is 32.8 Å². The zero-order chi connectivity index (χ0) is 13.8. The summed E-state index contributed by atoms with van der Waals surface area (Å²) in [6.07, 6.45) is 1.70. The van der Waals surface area contributed by atoms with E-state index in [2.05, 4.69) is 6.92 Å². The predicted molar refractivity (Wildman–Crippen MR) is 75.9 cm³/mol. The smallest absolute Gasteiger partial charge is 0.263 e. The lowest BCUT2D eigenvalue weighted by Gasteiger charge is -2.32. The van der Waals surface area contributed by atoms with E-state index in [1.807, 2.05) is 17.0 Å². The molecule has 0 aliphatic carbocycles. The summed E-state index contributed by atoms with van der Waals surface area (Å²) in [6.45, 7) is 5.70. The van der Waals surface area contributed by atoms with Crippen LogP contribution in [0.5, 0.6) is 5.75 Å². The highest BCUT2D eigenvalue weighted by Gasteiger charge is 2.25. The standard InChI is InChI=1S/C15H22N2O2/c1-11-6-8-17(9-7-11)15(18)12(2)19-14-5-3-4-13(16)10-14/h3-5,10-12H,6-9,16H2,1-2H3. The third-order valence-electron chi connectivity index (χ3n) is 3.61. The molecule has 1 aliphatic rings. The first-order valence-electron chi connectivity index (χ1n) is 6.87. The van der Waals surface area contributed by atoms with Crippen molar-refractivity contribution < 1.29 is 9.53 Å². The number of piperidine rings is 1. The number of nitrogen functional groups attached to an aromatic ring is 1. The van der Waals surface area contributed by atoms with Crippen LogP contribution in [-0.4, -0.2) is 30.0 Å². The molecule has 0 saturated carbocycles. The number of benzene rings is 1. The van der Waals surface area contributed by atoms with Crippen LogP contribution < -0.4 is 10.5 Å². The second-order valence-electron chi connectivity index (χ2n) is 5.34. The number of ether oxygens (including phenoxy) is 1. The fourth-order valence-electron chi connectivity index (χ4n) is 2.33. The second kappa shape index (κ2) is 5.95. The van der Waals surface area contributed by atoms with Crippen LogP contribution in [0.25, 0.3) is 0 Å². The molecule has 0 bridgehead atoms. The van der Waals surface area contributed by atoms with E-state index in [9.17, 15) is 4.79 Å². The first-order chi connectivity index (χ1) is 9.06. The molecule has 1 amide bonds. The lowest BCUT2D eigenvalue weighted by Crippen LogP contribution is -2.44. The summed E-state index contributed by atoms with van der Waals surface area (Å²) in [4.78, 5) is 14.2. The molecule has 19 heavy (non-hydrogen) atoms. The average molecular weight is 262 g/mol. The van der Waals surface area contributed by atoms with Gasteiger partial charge < -0.3 is 15.4 Å². The summed E-state index contributed by atoms with van der Waals surface area (Å²) in [6, 6.07) is 7.18. The van der Waals surface area contributed by atoms with Gasteiger partial charge in [0.25, 0.3) is 5.91 Å². The normalized spacial score (nSPS) is 18.1. The number of likely N-dealkylation sites (tertiary alicyclic amines) is 1. The van der Waals surface area contributed by atoms with Crippen LogP contribution in [0, 0.1) is 5.92 Å². The number of carbonyl (C=O) groups is 1. The van der Waals surface area contributed by atoms with E-state index in [4.69, 9.17) is 10.5 Å². The maximum absolute atomic E-state index is 12.3. The average Bonchev–Trinajstić information content (AvgIpc) is 2.39. The predicted octanol–water partition coefficient (Wildman–Crippen LogP) is 2.29. The van der Waals surface area contributed by atoms with Gasteiger partial charge in [-0.1, -0.05) is 13.0 Å². The molecule has 4 nitrogen and oxygen atoms in total. The minimum Gasteiger partial charge on any atom is -0.481 e. The lowest BCUT2D eigenvalue weighted by atomic mass is 9.99. The Balaban J connectivity index is 1.92. The van der Waals surface area contributed by atoms with Gasteiger partial charge in [-0.25, -0.2) is 0 Å². The van der Waals surface area contributed by atoms with Gasteiger partial charge in [-0.05, 0) is 37.8 Å². The number of rotatable bonds is 3. The minimum atomic E-state index is -0.463. The number of hydrogen-bond donors (Lipinski definition) is 1. The lowest BCUT2D eigenvalue weighted by molar-refractivity contribution is -0.139. The molecule has 0 radical (unpaired) electrons. The number of carbonyl (C=O) groups excluding carboxylic acids is 1. The quantitative estimate of drug-likeness (QED) is 0.850. The molecule has 1 aliphatic heterocycles.